The average Bonchev–Trinajstić information content (AvgIpc) is 3.35. The van der Waals surface area contributed by atoms with E-state index in [2.05, 4.69) is 45.9 Å². The highest BCUT2D eigenvalue weighted by molar-refractivity contribution is 5.39. The average molecular weight is 373 g/mol. The van der Waals surface area contributed by atoms with Crippen LogP contribution in [0.4, 0.5) is 0 Å². The van der Waals surface area contributed by atoms with Gasteiger partial charge in [0.1, 0.15) is 5.60 Å². The second-order valence-corrected chi connectivity index (χ2v) is 9.84. The van der Waals surface area contributed by atoms with Crippen LogP contribution in [0.2, 0.25) is 0 Å². The zero-order valence-corrected chi connectivity index (χ0v) is 18.1. The quantitative estimate of drug-likeness (QED) is 0.276. The summed E-state index contributed by atoms with van der Waals surface area (Å²) in [6.07, 6.45) is 14.5. The normalized spacial score (nSPS) is 15.6. The number of carbonyl (C=O) groups is 1. The summed E-state index contributed by atoms with van der Waals surface area (Å²) < 4.78 is 5.22. The minimum Gasteiger partial charge on any atom is -0.461 e. The molecule has 1 aliphatic carbocycles. The Labute approximate surface area is 167 Å². The Morgan fingerprint density at radius 1 is 1.00 bits per heavy atom. The first-order chi connectivity index (χ1) is 12.8. The van der Waals surface area contributed by atoms with Gasteiger partial charge in [-0.05, 0) is 86.8 Å². The van der Waals surface area contributed by atoms with E-state index in [1.54, 1.807) is 0 Å². The lowest BCUT2D eigenvalue weighted by molar-refractivity contribution is -0.135. The summed E-state index contributed by atoms with van der Waals surface area (Å²) >= 11 is 0. The molecule has 0 aliphatic heterocycles. The molecule has 1 aromatic rings. The van der Waals surface area contributed by atoms with Crippen molar-refractivity contribution in [2.75, 3.05) is 0 Å². The molecule has 0 bridgehead atoms. The van der Waals surface area contributed by atoms with Gasteiger partial charge in [-0.25, -0.2) is 0 Å². The molecule has 1 aromatic carbocycles. The standard InChI is InChI=1S/C25H40O2/c1-21-19-22(11-7-5-10-16-25(17-18-25)27-20-26)13-14-23(21)12-8-6-9-15-24(2,3)4/h13-14,19-20H,5-12,15-18H2,1-4H3. The van der Waals surface area contributed by atoms with E-state index < -0.39 is 0 Å². The van der Waals surface area contributed by atoms with Crippen molar-refractivity contribution in [3.63, 3.8) is 0 Å². The largest absolute Gasteiger partial charge is 0.461 e. The molecule has 27 heavy (non-hydrogen) atoms. The number of hydrogen-bond donors (Lipinski definition) is 0. The van der Waals surface area contributed by atoms with Crippen LogP contribution in [-0.2, 0) is 22.4 Å². The van der Waals surface area contributed by atoms with Gasteiger partial charge in [-0.2, -0.15) is 0 Å². The van der Waals surface area contributed by atoms with Crippen LogP contribution < -0.4 is 0 Å². The van der Waals surface area contributed by atoms with Gasteiger partial charge in [0.25, 0.3) is 6.47 Å². The molecule has 2 nitrogen and oxygen atoms in total. The maximum Gasteiger partial charge on any atom is 0.293 e. The summed E-state index contributed by atoms with van der Waals surface area (Å²) in [5.74, 6) is 0. The predicted molar refractivity (Wildman–Crippen MR) is 114 cm³/mol. The number of benzene rings is 1. The van der Waals surface area contributed by atoms with Crippen LogP contribution in [0.1, 0.15) is 102 Å². The van der Waals surface area contributed by atoms with Crippen molar-refractivity contribution in [1.29, 1.82) is 0 Å². The second kappa shape index (κ2) is 10.3. The van der Waals surface area contributed by atoms with Crippen LogP contribution in [0.3, 0.4) is 0 Å². The van der Waals surface area contributed by atoms with Crippen LogP contribution >= 0.6 is 0 Å². The van der Waals surface area contributed by atoms with Crippen LogP contribution in [0.15, 0.2) is 18.2 Å². The predicted octanol–water partition coefficient (Wildman–Crippen LogP) is 6.95. The number of hydrogen-bond acceptors (Lipinski definition) is 2. The molecule has 2 heteroatoms. The van der Waals surface area contributed by atoms with E-state index in [4.69, 9.17) is 4.74 Å². The van der Waals surface area contributed by atoms with Crippen molar-refractivity contribution >= 4 is 6.47 Å². The third kappa shape index (κ3) is 8.49. The summed E-state index contributed by atoms with van der Waals surface area (Å²) in [7, 11) is 0. The van der Waals surface area contributed by atoms with Gasteiger partial charge in [-0.1, -0.05) is 58.2 Å². The van der Waals surface area contributed by atoms with E-state index in [-0.39, 0.29) is 5.60 Å². The maximum absolute atomic E-state index is 10.5. The van der Waals surface area contributed by atoms with Gasteiger partial charge < -0.3 is 4.74 Å². The van der Waals surface area contributed by atoms with E-state index in [1.807, 2.05) is 0 Å². The summed E-state index contributed by atoms with van der Waals surface area (Å²) in [5, 5.41) is 0. The molecule has 0 aromatic heterocycles. The number of unbranched alkanes of at least 4 members (excludes halogenated alkanes) is 4. The van der Waals surface area contributed by atoms with Gasteiger partial charge in [0.2, 0.25) is 0 Å². The maximum atomic E-state index is 10.5. The molecule has 1 aliphatic rings. The molecular weight excluding hydrogens is 332 g/mol. The Morgan fingerprint density at radius 2 is 1.70 bits per heavy atom. The van der Waals surface area contributed by atoms with Crippen molar-refractivity contribution in [2.45, 2.75) is 110 Å². The molecule has 0 spiro atoms. The first-order valence-electron chi connectivity index (χ1n) is 11.0. The zero-order valence-electron chi connectivity index (χ0n) is 18.1. The van der Waals surface area contributed by atoms with E-state index in [9.17, 15) is 4.79 Å². The lowest BCUT2D eigenvalue weighted by Crippen LogP contribution is -2.12. The highest BCUT2D eigenvalue weighted by Gasteiger charge is 2.44. The first kappa shape index (κ1) is 22.0. The smallest absolute Gasteiger partial charge is 0.293 e. The van der Waals surface area contributed by atoms with E-state index in [0.717, 1.165) is 25.7 Å². The van der Waals surface area contributed by atoms with Crippen LogP contribution in [0.5, 0.6) is 0 Å². The Hall–Kier alpha value is -1.31. The van der Waals surface area contributed by atoms with Crippen LogP contribution in [-0.4, -0.2) is 12.1 Å². The van der Waals surface area contributed by atoms with Gasteiger partial charge in [0.15, 0.2) is 0 Å². The Bertz CT molecular complexity index is 578. The van der Waals surface area contributed by atoms with Crippen molar-refractivity contribution < 1.29 is 9.53 Å². The fourth-order valence-electron chi connectivity index (χ4n) is 3.96. The molecule has 2 rings (SSSR count). The van der Waals surface area contributed by atoms with Gasteiger partial charge >= 0.3 is 0 Å². The van der Waals surface area contributed by atoms with Crippen LogP contribution in [0, 0.1) is 12.3 Å². The van der Waals surface area contributed by atoms with Gasteiger partial charge in [0, 0.05) is 0 Å². The fraction of sp³-hybridized carbons (Fsp3) is 0.720. The molecule has 0 atom stereocenters. The molecule has 0 heterocycles. The van der Waals surface area contributed by atoms with Gasteiger partial charge in [0.05, 0.1) is 0 Å². The Balaban J connectivity index is 1.61. The van der Waals surface area contributed by atoms with Crippen molar-refractivity contribution in [1.82, 2.24) is 0 Å². The van der Waals surface area contributed by atoms with E-state index >= 15 is 0 Å². The summed E-state index contributed by atoms with van der Waals surface area (Å²) in [5.41, 5.74) is 4.84. The molecular formula is C25H40O2. The highest BCUT2D eigenvalue weighted by Crippen LogP contribution is 2.43. The van der Waals surface area contributed by atoms with Crippen molar-refractivity contribution in [2.24, 2.45) is 5.41 Å². The SMILES string of the molecule is Cc1cc(CCCCCC2(OC=O)CC2)ccc1CCCCCC(C)(C)C. The topological polar surface area (TPSA) is 26.3 Å². The molecule has 152 valence electrons. The third-order valence-electron chi connectivity index (χ3n) is 5.98. The molecule has 1 saturated carbocycles. The summed E-state index contributed by atoms with van der Waals surface area (Å²) in [4.78, 5) is 10.5. The number of ether oxygens (including phenoxy) is 1. The number of aryl methyl sites for hydroxylation is 3. The third-order valence-corrected chi connectivity index (χ3v) is 5.98. The van der Waals surface area contributed by atoms with Crippen molar-refractivity contribution in [3.05, 3.63) is 34.9 Å². The first-order valence-corrected chi connectivity index (χ1v) is 11.0. The van der Waals surface area contributed by atoms with Crippen LogP contribution in [0.25, 0.3) is 0 Å². The van der Waals surface area contributed by atoms with Crippen molar-refractivity contribution in [3.8, 4) is 0 Å². The Kier molecular flexibility index (Phi) is 8.38. The molecule has 0 N–H and O–H groups in total. The summed E-state index contributed by atoms with van der Waals surface area (Å²) in [6, 6.07) is 7.07. The lowest BCUT2D eigenvalue weighted by atomic mass is 9.89. The molecule has 1 fully saturated rings. The molecule has 0 amide bonds. The lowest BCUT2D eigenvalue weighted by Gasteiger charge is -2.17. The number of carbonyl (C=O) groups excluding carboxylic acids is 1. The minimum absolute atomic E-state index is 0.0765. The second-order valence-electron chi connectivity index (χ2n) is 9.84. The Morgan fingerprint density at radius 3 is 2.33 bits per heavy atom. The minimum atomic E-state index is -0.0765. The fourth-order valence-corrected chi connectivity index (χ4v) is 3.96. The zero-order chi connectivity index (χ0) is 19.8. The highest BCUT2D eigenvalue weighted by atomic mass is 16.5. The number of rotatable bonds is 13. The van der Waals surface area contributed by atoms with Gasteiger partial charge in [-0.15, -0.1) is 0 Å². The molecule has 0 radical (unpaired) electrons. The van der Waals surface area contributed by atoms with E-state index in [0.29, 0.717) is 11.9 Å². The summed E-state index contributed by atoms with van der Waals surface area (Å²) in [6.45, 7) is 9.89. The molecule has 0 unspecified atom stereocenters. The van der Waals surface area contributed by atoms with E-state index in [1.165, 1.54) is 68.1 Å². The molecule has 0 saturated heterocycles. The van der Waals surface area contributed by atoms with Gasteiger partial charge in [-0.3, -0.25) is 4.79 Å². The monoisotopic (exact) mass is 372 g/mol.